The quantitative estimate of drug-likeness (QED) is 0.598. The molecule has 2 fully saturated rings. The van der Waals surface area contributed by atoms with Crippen LogP contribution < -0.4 is 11.2 Å². The zero-order valence-electron chi connectivity index (χ0n) is 16.4. The van der Waals surface area contributed by atoms with E-state index >= 15 is 0 Å². The molecule has 1 aromatic heterocycles. The third-order valence-electron chi connectivity index (χ3n) is 4.93. The van der Waals surface area contributed by atoms with E-state index in [1.165, 1.54) is 25.3 Å². The van der Waals surface area contributed by atoms with Crippen LogP contribution in [0.1, 0.15) is 13.2 Å². The minimum absolute atomic E-state index is 0.0357. The molecule has 3 heterocycles. The summed E-state index contributed by atoms with van der Waals surface area (Å²) >= 11 is 0. The monoisotopic (exact) mass is 452 g/mol. The minimum atomic E-state index is -3.70. The Morgan fingerprint density at radius 1 is 1.19 bits per heavy atom. The van der Waals surface area contributed by atoms with E-state index in [9.17, 15) is 22.8 Å². The van der Waals surface area contributed by atoms with E-state index in [-0.39, 0.29) is 11.5 Å². The van der Waals surface area contributed by atoms with E-state index in [4.69, 9.17) is 18.9 Å². The van der Waals surface area contributed by atoms with E-state index in [1.807, 2.05) is 0 Å². The number of hydrogen-bond donors (Lipinski definition) is 1. The van der Waals surface area contributed by atoms with Gasteiger partial charge < -0.3 is 18.9 Å². The maximum absolute atomic E-state index is 12.7. The topological polar surface area (TPSA) is 143 Å². The number of carbonyl (C=O) groups is 1. The summed E-state index contributed by atoms with van der Waals surface area (Å²) in [5.74, 6) is -1.09. The second-order valence-corrected chi connectivity index (χ2v) is 9.15. The molecular weight excluding hydrogens is 432 g/mol. The zero-order chi connectivity index (χ0) is 22.2. The van der Waals surface area contributed by atoms with Gasteiger partial charge in [0, 0.05) is 19.2 Å². The van der Waals surface area contributed by atoms with Gasteiger partial charge in [-0.2, -0.15) is 0 Å². The zero-order valence-corrected chi connectivity index (χ0v) is 17.2. The van der Waals surface area contributed by atoms with Crippen molar-refractivity contribution in [2.75, 3.05) is 12.4 Å². The number of rotatable bonds is 5. The molecule has 0 saturated carbocycles. The second kappa shape index (κ2) is 8.38. The third-order valence-corrected chi connectivity index (χ3v) is 6.63. The molecular formula is C19H20N2O9S. The Balaban J connectivity index is 1.57. The Labute approximate surface area is 176 Å². The predicted octanol–water partition coefficient (Wildman–Crippen LogP) is -0.419. The van der Waals surface area contributed by atoms with Crippen molar-refractivity contribution < 1.29 is 32.2 Å². The van der Waals surface area contributed by atoms with Crippen molar-refractivity contribution in [1.82, 2.24) is 9.55 Å². The number of aromatic amines is 1. The Kier molecular flexibility index (Phi) is 5.79. The number of benzene rings is 1. The number of aromatic nitrogens is 2. The van der Waals surface area contributed by atoms with Gasteiger partial charge in [0.05, 0.1) is 11.5 Å². The van der Waals surface area contributed by atoms with Gasteiger partial charge in [0.15, 0.2) is 28.5 Å². The maximum atomic E-state index is 12.7. The van der Waals surface area contributed by atoms with Crippen molar-refractivity contribution in [2.24, 2.45) is 0 Å². The standard InChI is InChI=1S/C19H20N2O9S/c1-11(22)28-17-16-13(29-18(17)21-8-7-14(23)20-19(21)24)9-27-15(30-16)10-31(25,26)12-5-3-2-4-6-12/h2-8,13,15-18H,9-10H2,1H3,(H,20,23,24)/t13-,15-,16+,17-,18-/m1/s1. The Hall–Kier alpha value is -2.80. The van der Waals surface area contributed by atoms with Crippen LogP contribution in [0.3, 0.4) is 0 Å². The molecule has 2 aliphatic heterocycles. The highest BCUT2D eigenvalue weighted by atomic mass is 32.2. The highest BCUT2D eigenvalue weighted by Gasteiger charge is 2.52. The molecule has 2 aromatic rings. The molecule has 12 heteroatoms. The van der Waals surface area contributed by atoms with Gasteiger partial charge >= 0.3 is 11.7 Å². The Morgan fingerprint density at radius 3 is 2.61 bits per heavy atom. The summed E-state index contributed by atoms with van der Waals surface area (Å²) in [5.41, 5.74) is -1.34. The number of H-pyrrole nitrogens is 1. The number of fused-ring (bicyclic) bond motifs is 1. The van der Waals surface area contributed by atoms with E-state index in [0.717, 1.165) is 10.6 Å². The summed E-state index contributed by atoms with van der Waals surface area (Å²) in [4.78, 5) is 37.5. The third kappa shape index (κ3) is 4.46. The Morgan fingerprint density at radius 2 is 1.94 bits per heavy atom. The molecule has 0 bridgehead atoms. The number of nitrogens with one attached hydrogen (secondary N) is 1. The fourth-order valence-electron chi connectivity index (χ4n) is 3.58. The lowest BCUT2D eigenvalue weighted by atomic mass is 10.1. The van der Waals surface area contributed by atoms with Gasteiger partial charge in [-0.1, -0.05) is 18.2 Å². The van der Waals surface area contributed by atoms with Gasteiger partial charge in [0.2, 0.25) is 0 Å². The highest BCUT2D eigenvalue weighted by Crippen LogP contribution is 2.36. The number of sulfone groups is 1. The number of carbonyl (C=O) groups excluding carboxylic acids is 1. The molecule has 2 aliphatic rings. The fourth-order valence-corrected chi connectivity index (χ4v) is 4.88. The van der Waals surface area contributed by atoms with Crippen molar-refractivity contribution in [2.45, 2.75) is 42.6 Å². The predicted molar refractivity (Wildman–Crippen MR) is 104 cm³/mol. The summed E-state index contributed by atoms with van der Waals surface area (Å²) in [6, 6.07) is 9.00. The Bertz CT molecular complexity index is 1170. The molecule has 1 aromatic carbocycles. The lowest BCUT2D eigenvalue weighted by Crippen LogP contribution is -2.49. The van der Waals surface area contributed by atoms with Gasteiger partial charge in [0.25, 0.3) is 5.56 Å². The first-order valence-electron chi connectivity index (χ1n) is 9.43. The fraction of sp³-hybridized carbons (Fsp3) is 0.421. The molecule has 0 amide bonds. The molecule has 0 spiro atoms. The molecule has 4 rings (SSSR count). The molecule has 31 heavy (non-hydrogen) atoms. The lowest BCUT2D eigenvalue weighted by Gasteiger charge is -2.33. The van der Waals surface area contributed by atoms with Crippen LogP contribution >= 0.6 is 0 Å². The van der Waals surface area contributed by atoms with Gasteiger partial charge in [-0.15, -0.1) is 0 Å². The van der Waals surface area contributed by atoms with Gasteiger partial charge in [0.1, 0.15) is 18.0 Å². The smallest absolute Gasteiger partial charge is 0.330 e. The average molecular weight is 452 g/mol. The van der Waals surface area contributed by atoms with Gasteiger partial charge in [-0.3, -0.25) is 19.1 Å². The number of hydrogen-bond acceptors (Lipinski definition) is 9. The first-order valence-corrected chi connectivity index (χ1v) is 11.1. The lowest BCUT2D eigenvalue weighted by molar-refractivity contribution is -0.240. The van der Waals surface area contributed by atoms with Crippen molar-refractivity contribution in [1.29, 1.82) is 0 Å². The molecule has 166 valence electrons. The molecule has 1 N–H and O–H groups in total. The molecule has 0 aliphatic carbocycles. The maximum Gasteiger partial charge on any atom is 0.330 e. The van der Waals surface area contributed by atoms with Crippen LogP contribution in [0.5, 0.6) is 0 Å². The van der Waals surface area contributed by atoms with E-state index < -0.39 is 63.6 Å². The van der Waals surface area contributed by atoms with Crippen LogP contribution in [0.15, 0.2) is 57.1 Å². The van der Waals surface area contributed by atoms with Gasteiger partial charge in [-0.05, 0) is 12.1 Å². The van der Waals surface area contributed by atoms with Crippen molar-refractivity contribution in [3.8, 4) is 0 Å². The number of nitrogens with zero attached hydrogens (tertiary/aromatic N) is 1. The summed E-state index contributed by atoms with van der Waals surface area (Å²) in [7, 11) is -3.70. The van der Waals surface area contributed by atoms with E-state index in [1.54, 1.807) is 18.2 Å². The SMILES string of the molecule is CC(=O)O[C@@H]1[C@H]2O[C@H](CS(=O)(=O)c3ccccc3)OC[C@H]2O[C@H]1n1ccc(=O)[nH]c1=O. The van der Waals surface area contributed by atoms with E-state index in [0.29, 0.717) is 0 Å². The first kappa shape index (κ1) is 21.4. The molecule has 5 atom stereocenters. The largest absolute Gasteiger partial charge is 0.455 e. The highest BCUT2D eigenvalue weighted by molar-refractivity contribution is 7.91. The number of ether oxygens (including phenoxy) is 4. The van der Waals surface area contributed by atoms with Crippen molar-refractivity contribution in [3.05, 3.63) is 63.4 Å². The summed E-state index contributed by atoms with van der Waals surface area (Å²) < 4.78 is 48.9. The molecule has 0 radical (unpaired) electrons. The molecule has 2 saturated heterocycles. The second-order valence-electron chi connectivity index (χ2n) is 7.11. The van der Waals surface area contributed by atoms with Crippen molar-refractivity contribution in [3.63, 3.8) is 0 Å². The van der Waals surface area contributed by atoms with Gasteiger partial charge in [-0.25, -0.2) is 13.2 Å². The average Bonchev–Trinajstić information content (AvgIpc) is 3.05. The number of esters is 1. The molecule has 11 nitrogen and oxygen atoms in total. The van der Waals surface area contributed by atoms with Crippen LogP contribution in [0, 0.1) is 0 Å². The van der Waals surface area contributed by atoms with Crippen LogP contribution in [0.4, 0.5) is 0 Å². The van der Waals surface area contributed by atoms with Crippen LogP contribution in [-0.2, 0) is 33.6 Å². The van der Waals surface area contributed by atoms with Crippen molar-refractivity contribution >= 4 is 15.8 Å². The summed E-state index contributed by atoms with van der Waals surface area (Å²) in [6.07, 6.45) is -3.65. The minimum Gasteiger partial charge on any atom is -0.455 e. The summed E-state index contributed by atoms with van der Waals surface area (Å²) in [5, 5.41) is 0. The first-order chi connectivity index (χ1) is 14.7. The van der Waals surface area contributed by atoms with Crippen LogP contribution in [0.25, 0.3) is 0 Å². The van der Waals surface area contributed by atoms with Crippen LogP contribution in [-0.4, -0.2) is 60.9 Å². The van der Waals surface area contributed by atoms with E-state index in [2.05, 4.69) is 4.98 Å². The van der Waals surface area contributed by atoms with Crippen LogP contribution in [0.2, 0.25) is 0 Å². The molecule has 0 unspecified atom stereocenters. The summed E-state index contributed by atoms with van der Waals surface area (Å²) in [6.45, 7) is 1.16. The normalized spacial score (nSPS) is 28.1.